The van der Waals surface area contributed by atoms with Crippen LogP contribution in [-0.2, 0) is 18.0 Å². The molecular formula is C18H21F3N4O3. The monoisotopic (exact) mass is 398 g/mol. The van der Waals surface area contributed by atoms with Crippen molar-refractivity contribution in [3.05, 3.63) is 46.1 Å². The number of aromatic nitrogens is 3. The van der Waals surface area contributed by atoms with Crippen molar-refractivity contribution in [1.29, 1.82) is 0 Å². The maximum absolute atomic E-state index is 12.9. The number of aryl methyl sites for hydroxylation is 1. The van der Waals surface area contributed by atoms with E-state index in [0.717, 1.165) is 17.3 Å². The van der Waals surface area contributed by atoms with Crippen molar-refractivity contribution in [2.24, 2.45) is 7.05 Å². The number of halogens is 3. The highest BCUT2D eigenvalue weighted by Crippen LogP contribution is 2.28. The molecule has 1 aliphatic heterocycles. The van der Waals surface area contributed by atoms with Crippen LogP contribution in [0.2, 0.25) is 0 Å². The van der Waals surface area contributed by atoms with Gasteiger partial charge < -0.3 is 9.64 Å². The first-order valence-corrected chi connectivity index (χ1v) is 8.87. The van der Waals surface area contributed by atoms with Gasteiger partial charge in [0.15, 0.2) is 6.61 Å². The van der Waals surface area contributed by atoms with E-state index < -0.39 is 23.7 Å². The Bertz CT molecular complexity index is 894. The molecule has 1 amide bonds. The molecule has 0 spiro atoms. The van der Waals surface area contributed by atoms with Crippen molar-refractivity contribution in [1.82, 2.24) is 19.2 Å². The van der Waals surface area contributed by atoms with Crippen LogP contribution in [0.25, 0.3) is 0 Å². The lowest BCUT2D eigenvalue weighted by molar-refractivity contribution is -0.147. The second-order valence-corrected chi connectivity index (χ2v) is 6.82. The first kappa shape index (κ1) is 20.0. The van der Waals surface area contributed by atoms with Crippen LogP contribution in [-0.4, -0.2) is 44.9 Å². The second-order valence-electron chi connectivity index (χ2n) is 6.82. The number of ether oxygens (including phenoxy) is 1. The number of rotatable bonds is 4. The Morgan fingerprint density at radius 2 is 1.82 bits per heavy atom. The Kier molecular flexibility index (Phi) is 5.48. The fraction of sp³-hybridized carbons (Fsp3) is 0.500. The largest absolute Gasteiger partial charge is 0.484 e. The van der Waals surface area contributed by atoms with Gasteiger partial charge in [-0.1, -0.05) is 17.7 Å². The summed E-state index contributed by atoms with van der Waals surface area (Å²) in [5.74, 6) is -0.834. The molecule has 0 bridgehead atoms. The van der Waals surface area contributed by atoms with Gasteiger partial charge in [-0.3, -0.25) is 9.36 Å². The minimum atomic E-state index is -4.69. The van der Waals surface area contributed by atoms with Gasteiger partial charge in [0.25, 0.3) is 5.91 Å². The van der Waals surface area contributed by atoms with Crippen molar-refractivity contribution in [3.8, 4) is 5.75 Å². The molecule has 1 saturated heterocycles. The molecule has 28 heavy (non-hydrogen) atoms. The summed E-state index contributed by atoms with van der Waals surface area (Å²) < 4.78 is 45.6. The van der Waals surface area contributed by atoms with Crippen LogP contribution in [0.15, 0.2) is 29.1 Å². The number of amides is 1. The Morgan fingerprint density at radius 1 is 1.21 bits per heavy atom. The van der Waals surface area contributed by atoms with E-state index in [4.69, 9.17) is 4.74 Å². The van der Waals surface area contributed by atoms with Crippen molar-refractivity contribution >= 4 is 5.91 Å². The van der Waals surface area contributed by atoms with Gasteiger partial charge in [-0.2, -0.15) is 13.2 Å². The minimum absolute atomic E-state index is 0.116. The highest BCUT2D eigenvalue weighted by Gasteiger charge is 2.39. The molecule has 3 rings (SSSR count). The van der Waals surface area contributed by atoms with Crippen LogP contribution in [0.3, 0.4) is 0 Å². The highest BCUT2D eigenvalue weighted by atomic mass is 19.4. The lowest BCUT2D eigenvalue weighted by Gasteiger charge is -2.31. The molecule has 0 radical (unpaired) electrons. The summed E-state index contributed by atoms with van der Waals surface area (Å²) in [6, 6.07) is 6.84. The number of likely N-dealkylation sites (tertiary alicyclic amines) is 1. The molecule has 0 aliphatic carbocycles. The number of nitrogens with zero attached hydrogens (tertiary/aromatic N) is 4. The quantitative estimate of drug-likeness (QED) is 0.792. The number of piperidine rings is 1. The normalized spacial score (nSPS) is 15.7. The van der Waals surface area contributed by atoms with Crippen LogP contribution in [0.1, 0.15) is 30.3 Å². The number of carbonyl (C=O) groups excluding carboxylic acids is 1. The van der Waals surface area contributed by atoms with Crippen LogP contribution in [0.5, 0.6) is 5.75 Å². The predicted octanol–water partition coefficient (Wildman–Crippen LogP) is 2.15. The van der Waals surface area contributed by atoms with Gasteiger partial charge in [0.2, 0.25) is 5.82 Å². The van der Waals surface area contributed by atoms with Gasteiger partial charge in [-0.25, -0.2) is 9.48 Å². The van der Waals surface area contributed by atoms with E-state index in [9.17, 15) is 22.8 Å². The number of hydrogen-bond donors (Lipinski definition) is 0. The summed E-state index contributed by atoms with van der Waals surface area (Å²) in [5.41, 5.74) is 0.277. The maximum Gasteiger partial charge on any atom is 0.451 e. The molecule has 1 fully saturated rings. The Morgan fingerprint density at radius 3 is 2.36 bits per heavy atom. The van der Waals surface area contributed by atoms with Crippen LogP contribution in [0.4, 0.5) is 13.2 Å². The van der Waals surface area contributed by atoms with E-state index >= 15 is 0 Å². The molecule has 0 N–H and O–H groups in total. The summed E-state index contributed by atoms with van der Waals surface area (Å²) in [5, 5.41) is 3.47. The zero-order valence-corrected chi connectivity index (χ0v) is 15.6. The fourth-order valence-electron chi connectivity index (χ4n) is 3.17. The summed E-state index contributed by atoms with van der Waals surface area (Å²) >= 11 is 0. The number of benzene rings is 1. The third kappa shape index (κ3) is 4.20. The average Bonchev–Trinajstić information content (AvgIpc) is 2.96. The SMILES string of the molecule is Cc1ccc(OCC(=O)N2CCC(n3nc(C(F)(F)F)n(C)c3=O)CC2)cc1. The Balaban J connectivity index is 1.58. The standard InChI is InChI=1S/C18H21F3N4O3/c1-12-3-5-14(6-4-12)28-11-15(26)24-9-7-13(8-10-24)25-17(27)23(2)16(22-25)18(19,20)21/h3-6,13H,7-11H2,1-2H3. The Labute approximate surface area is 159 Å². The van der Waals surface area contributed by atoms with Crippen molar-refractivity contribution in [3.63, 3.8) is 0 Å². The third-order valence-electron chi connectivity index (χ3n) is 4.80. The van der Waals surface area contributed by atoms with Crippen LogP contribution < -0.4 is 10.4 Å². The topological polar surface area (TPSA) is 69.4 Å². The molecule has 7 nitrogen and oxygen atoms in total. The molecule has 0 atom stereocenters. The molecule has 1 aromatic heterocycles. The summed E-state index contributed by atoms with van der Waals surface area (Å²) in [7, 11) is 1.05. The van der Waals surface area contributed by atoms with Crippen molar-refractivity contribution in [2.75, 3.05) is 19.7 Å². The second kappa shape index (κ2) is 7.69. The fourth-order valence-corrected chi connectivity index (χ4v) is 3.17. The number of carbonyl (C=O) groups is 1. The maximum atomic E-state index is 12.9. The molecule has 10 heteroatoms. The summed E-state index contributed by atoms with van der Waals surface area (Å²) in [6.45, 7) is 2.48. The zero-order chi connectivity index (χ0) is 20.5. The molecule has 2 heterocycles. The van der Waals surface area contributed by atoms with Gasteiger partial charge in [0, 0.05) is 20.1 Å². The number of alkyl halides is 3. The third-order valence-corrected chi connectivity index (χ3v) is 4.80. The predicted molar refractivity (Wildman–Crippen MR) is 94.0 cm³/mol. The molecular weight excluding hydrogens is 377 g/mol. The lowest BCUT2D eigenvalue weighted by Crippen LogP contribution is -2.43. The zero-order valence-electron chi connectivity index (χ0n) is 15.6. The van der Waals surface area contributed by atoms with E-state index in [1.54, 1.807) is 17.0 Å². The highest BCUT2D eigenvalue weighted by molar-refractivity contribution is 5.77. The average molecular weight is 398 g/mol. The number of hydrogen-bond acceptors (Lipinski definition) is 4. The summed E-state index contributed by atoms with van der Waals surface area (Å²) in [6.07, 6.45) is -3.99. The van der Waals surface area contributed by atoms with Crippen LogP contribution in [0, 0.1) is 6.92 Å². The van der Waals surface area contributed by atoms with Crippen molar-refractivity contribution in [2.45, 2.75) is 32.0 Å². The lowest BCUT2D eigenvalue weighted by atomic mass is 10.1. The van der Waals surface area contributed by atoms with Crippen LogP contribution >= 0.6 is 0 Å². The molecule has 0 saturated carbocycles. The van der Waals surface area contributed by atoms with Gasteiger partial charge in [-0.15, -0.1) is 5.10 Å². The van der Waals surface area contributed by atoms with Gasteiger partial charge >= 0.3 is 11.9 Å². The molecule has 2 aromatic rings. The first-order chi connectivity index (χ1) is 13.2. The van der Waals surface area contributed by atoms with Crippen molar-refractivity contribution < 1.29 is 22.7 Å². The van der Waals surface area contributed by atoms with E-state index in [2.05, 4.69) is 5.10 Å². The molecule has 1 aromatic carbocycles. The molecule has 152 valence electrons. The van der Waals surface area contributed by atoms with E-state index in [1.807, 2.05) is 19.1 Å². The van der Waals surface area contributed by atoms with Gasteiger partial charge in [-0.05, 0) is 31.9 Å². The first-order valence-electron chi connectivity index (χ1n) is 8.87. The van der Waals surface area contributed by atoms with E-state index in [0.29, 0.717) is 36.2 Å². The smallest absolute Gasteiger partial charge is 0.451 e. The minimum Gasteiger partial charge on any atom is -0.484 e. The van der Waals surface area contributed by atoms with E-state index in [-0.39, 0.29) is 12.5 Å². The van der Waals surface area contributed by atoms with E-state index in [1.165, 1.54) is 0 Å². The Hall–Kier alpha value is -2.78. The molecule has 1 aliphatic rings. The van der Waals surface area contributed by atoms with Gasteiger partial charge in [0.1, 0.15) is 5.75 Å². The van der Waals surface area contributed by atoms with Gasteiger partial charge in [0.05, 0.1) is 6.04 Å². The summed E-state index contributed by atoms with van der Waals surface area (Å²) in [4.78, 5) is 26.0. The molecule has 0 unspecified atom stereocenters.